The van der Waals surface area contributed by atoms with Gasteiger partial charge in [-0.1, -0.05) is 36.4 Å². The zero-order valence-electron chi connectivity index (χ0n) is 17.5. The van der Waals surface area contributed by atoms with Crippen molar-refractivity contribution in [2.24, 2.45) is 0 Å². The van der Waals surface area contributed by atoms with E-state index in [4.69, 9.17) is 0 Å². The van der Waals surface area contributed by atoms with Crippen molar-refractivity contribution in [3.8, 4) is 11.5 Å². The molecule has 0 aliphatic rings. The van der Waals surface area contributed by atoms with Gasteiger partial charge in [0, 0.05) is 25.1 Å². The quantitative estimate of drug-likeness (QED) is 0.453. The number of carbonyl (C=O) groups is 1. The van der Waals surface area contributed by atoms with E-state index >= 15 is 0 Å². The highest BCUT2D eigenvalue weighted by Crippen LogP contribution is 2.22. The van der Waals surface area contributed by atoms with Crippen LogP contribution < -0.4 is 5.32 Å². The van der Waals surface area contributed by atoms with Gasteiger partial charge in [-0.15, -0.1) is 0 Å². The molecule has 1 aromatic carbocycles. The maximum Gasteiger partial charge on any atom is 0.272 e. The Bertz CT molecular complexity index is 1370. The number of nitrogens with zero attached hydrogens (tertiary/aromatic N) is 6. The first kappa shape index (κ1) is 19.6. The third-order valence-corrected chi connectivity index (χ3v) is 5.10. The number of amides is 1. The van der Waals surface area contributed by atoms with Crippen LogP contribution in [0.4, 0.5) is 0 Å². The zero-order chi connectivity index (χ0) is 21.9. The van der Waals surface area contributed by atoms with Crippen molar-refractivity contribution in [3.05, 3.63) is 102 Å². The molecule has 0 spiro atoms. The number of aryl methyl sites for hydroxylation is 1. The van der Waals surface area contributed by atoms with Crippen LogP contribution in [0.1, 0.15) is 27.4 Å². The van der Waals surface area contributed by atoms with Crippen LogP contribution in [0.25, 0.3) is 17.0 Å². The predicted octanol–water partition coefficient (Wildman–Crippen LogP) is 3.27. The molecule has 0 atom stereocenters. The Hall–Kier alpha value is -4.33. The fraction of sp³-hybridized carbons (Fsp3) is 0.125. The summed E-state index contributed by atoms with van der Waals surface area (Å²) in [7, 11) is 0. The van der Waals surface area contributed by atoms with Gasteiger partial charge in [0.25, 0.3) is 5.91 Å². The Labute approximate surface area is 184 Å². The highest BCUT2D eigenvalue weighted by atomic mass is 16.1. The first-order valence-corrected chi connectivity index (χ1v) is 10.3. The molecule has 0 saturated heterocycles. The van der Waals surface area contributed by atoms with Crippen molar-refractivity contribution in [2.45, 2.75) is 20.0 Å². The fourth-order valence-corrected chi connectivity index (χ4v) is 3.51. The Morgan fingerprint density at radius 2 is 1.84 bits per heavy atom. The molecule has 158 valence electrons. The summed E-state index contributed by atoms with van der Waals surface area (Å²) in [4.78, 5) is 30.6. The van der Waals surface area contributed by atoms with E-state index in [-0.39, 0.29) is 12.5 Å². The second kappa shape index (κ2) is 8.43. The van der Waals surface area contributed by atoms with E-state index < -0.39 is 0 Å². The standard InChI is InChI=1S/C24H21N7O/c1-17-11-26-19(12-25-17)13-27-24(32)22-21-9-5-6-10-31(21)23(29-22)20-15-30(16-28-20)14-18-7-3-2-4-8-18/h2-12,15-16H,13-14H2,1H3,(H,27,32). The highest BCUT2D eigenvalue weighted by molar-refractivity contribution is 5.99. The molecular weight excluding hydrogens is 402 g/mol. The number of hydrogen-bond donors (Lipinski definition) is 1. The minimum atomic E-state index is -0.272. The van der Waals surface area contributed by atoms with Gasteiger partial charge in [0.2, 0.25) is 0 Å². The molecule has 0 radical (unpaired) electrons. The van der Waals surface area contributed by atoms with Crippen molar-refractivity contribution in [1.29, 1.82) is 0 Å². The molecule has 0 aliphatic carbocycles. The van der Waals surface area contributed by atoms with Gasteiger partial charge >= 0.3 is 0 Å². The highest BCUT2D eigenvalue weighted by Gasteiger charge is 2.19. The zero-order valence-corrected chi connectivity index (χ0v) is 17.5. The monoisotopic (exact) mass is 423 g/mol. The summed E-state index contributed by atoms with van der Waals surface area (Å²) in [6, 6.07) is 15.8. The number of fused-ring (bicyclic) bond motifs is 1. The van der Waals surface area contributed by atoms with Gasteiger partial charge in [-0.25, -0.2) is 9.97 Å². The Balaban J connectivity index is 1.41. The summed E-state index contributed by atoms with van der Waals surface area (Å²) in [5.74, 6) is 0.346. The molecule has 0 bridgehead atoms. The average Bonchev–Trinajstić information content (AvgIpc) is 3.44. The predicted molar refractivity (Wildman–Crippen MR) is 120 cm³/mol. The molecule has 0 fully saturated rings. The number of nitrogens with one attached hydrogen (secondary N) is 1. The molecule has 4 heterocycles. The SMILES string of the molecule is Cc1cnc(CNC(=O)c2nc(-c3cn(Cc4ccccc4)cn3)n3ccccc23)cn1. The smallest absolute Gasteiger partial charge is 0.272 e. The van der Waals surface area contributed by atoms with E-state index in [1.807, 2.05) is 64.7 Å². The molecule has 0 aliphatic heterocycles. The maximum atomic E-state index is 12.9. The minimum Gasteiger partial charge on any atom is -0.345 e. The first-order valence-electron chi connectivity index (χ1n) is 10.3. The van der Waals surface area contributed by atoms with E-state index in [2.05, 4.69) is 37.4 Å². The summed E-state index contributed by atoms with van der Waals surface area (Å²) < 4.78 is 3.89. The van der Waals surface area contributed by atoms with Crippen LogP contribution in [0.2, 0.25) is 0 Å². The number of carbonyl (C=O) groups excluding carboxylic acids is 1. The number of pyridine rings is 1. The van der Waals surface area contributed by atoms with E-state index in [0.717, 1.165) is 5.69 Å². The lowest BCUT2D eigenvalue weighted by molar-refractivity contribution is 0.0947. The van der Waals surface area contributed by atoms with Gasteiger partial charge in [-0.05, 0) is 24.6 Å². The van der Waals surface area contributed by atoms with Crippen LogP contribution in [0.3, 0.4) is 0 Å². The molecule has 0 unspecified atom stereocenters. The third-order valence-electron chi connectivity index (χ3n) is 5.10. The number of rotatable bonds is 6. The Morgan fingerprint density at radius 1 is 1.00 bits per heavy atom. The summed E-state index contributed by atoms with van der Waals surface area (Å²) in [6.07, 6.45) is 8.94. The summed E-state index contributed by atoms with van der Waals surface area (Å²) in [5.41, 5.74) is 4.46. The van der Waals surface area contributed by atoms with Gasteiger partial charge in [0.05, 0.1) is 36.0 Å². The number of imidazole rings is 2. The summed E-state index contributed by atoms with van der Waals surface area (Å²) in [6.45, 7) is 2.86. The van der Waals surface area contributed by atoms with Crippen molar-refractivity contribution in [1.82, 2.24) is 34.2 Å². The lowest BCUT2D eigenvalue weighted by atomic mass is 10.2. The van der Waals surface area contributed by atoms with E-state index in [1.165, 1.54) is 5.56 Å². The Kier molecular flexibility index (Phi) is 5.17. The molecule has 0 saturated carbocycles. The van der Waals surface area contributed by atoms with Gasteiger partial charge in [0.1, 0.15) is 5.69 Å². The molecule has 4 aromatic heterocycles. The van der Waals surface area contributed by atoms with Crippen LogP contribution in [0.5, 0.6) is 0 Å². The maximum absolute atomic E-state index is 12.9. The van der Waals surface area contributed by atoms with Gasteiger partial charge in [-0.2, -0.15) is 0 Å². The normalized spacial score (nSPS) is 11.0. The largest absolute Gasteiger partial charge is 0.345 e. The number of aromatic nitrogens is 6. The first-order chi connectivity index (χ1) is 15.7. The third kappa shape index (κ3) is 3.98. The molecule has 5 aromatic rings. The summed E-state index contributed by atoms with van der Waals surface area (Å²) in [5, 5.41) is 2.89. The van der Waals surface area contributed by atoms with E-state index in [0.29, 0.717) is 35.0 Å². The Morgan fingerprint density at radius 3 is 2.66 bits per heavy atom. The molecule has 32 heavy (non-hydrogen) atoms. The average molecular weight is 423 g/mol. The topological polar surface area (TPSA) is 90.0 Å². The molecule has 8 nitrogen and oxygen atoms in total. The van der Waals surface area contributed by atoms with Crippen LogP contribution >= 0.6 is 0 Å². The molecular formula is C24H21N7O. The van der Waals surface area contributed by atoms with Crippen molar-refractivity contribution >= 4 is 11.4 Å². The molecule has 5 rings (SSSR count). The van der Waals surface area contributed by atoms with Gasteiger partial charge in [-0.3, -0.25) is 19.2 Å². The molecule has 1 N–H and O–H groups in total. The van der Waals surface area contributed by atoms with Crippen LogP contribution in [-0.4, -0.2) is 34.8 Å². The second-order valence-corrected chi connectivity index (χ2v) is 7.49. The van der Waals surface area contributed by atoms with E-state index in [9.17, 15) is 4.79 Å². The van der Waals surface area contributed by atoms with Crippen LogP contribution in [-0.2, 0) is 13.1 Å². The second-order valence-electron chi connectivity index (χ2n) is 7.49. The van der Waals surface area contributed by atoms with E-state index in [1.54, 1.807) is 18.7 Å². The van der Waals surface area contributed by atoms with Crippen LogP contribution in [0.15, 0.2) is 79.6 Å². The van der Waals surface area contributed by atoms with Crippen molar-refractivity contribution in [3.63, 3.8) is 0 Å². The lowest BCUT2D eigenvalue weighted by Crippen LogP contribution is -2.24. The summed E-state index contributed by atoms with van der Waals surface area (Å²) >= 11 is 0. The minimum absolute atomic E-state index is 0.272. The van der Waals surface area contributed by atoms with Gasteiger partial charge in [0.15, 0.2) is 11.5 Å². The number of benzene rings is 1. The van der Waals surface area contributed by atoms with Crippen molar-refractivity contribution in [2.75, 3.05) is 0 Å². The molecule has 8 heteroatoms. The molecule has 1 amide bonds. The van der Waals surface area contributed by atoms with Crippen LogP contribution in [0, 0.1) is 6.92 Å². The van der Waals surface area contributed by atoms with Crippen molar-refractivity contribution < 1.29 is 4.79 Å². The lowest BCUT2D eigenvalue weighted by Gasteiger charge is -2.03. The van der Waals surface area contributed by atoms with Gasteiger partial charge < -0.3 is 9.88 Å². The fourth-order valence-electron chi connectivity index (χ4n) is 3.51. The number of hydrogen-bond acceptors (Lipinski definition) is 5.